The fourth-order valence-electron chi connectivity index (χ4n) is 1.69. The molecule has 98 valence electrons. The summed E-state index contributed by atoms with van der Waals surface area (Å²) in [6.07, 6.45) is 2.32. The van der Waals surface area contributed by atoms with Crippen molar-refractivity contribution in [2.24, 2.45) is 11.7 Å². The maximum atomic E-state index is 10.9. The van der Waals surface area contributed by atoms with Crippen LogP contribution in [0.2, 0.25) is 0 Å². The minimum absolute atomic E-state index is 0.0240. The molecule has 0 heterocycles. The summed E-state index contributed by atoms with van der Waals surface area (Å²) < 4.78 is 10.7. The molecule has 18 heavy (non-hydrogen) atoms. The molecule has 0 spiro atoms. The van der Waals surface area contributed by atoms with E-state index in [-0.39, 0.29) is 12.2 Å². The van der Waals surface area contributed by atoms with Crippen LogP contribution in [0.3, 0.4) is 0 Å². The minimum Gasteiger partial charge on any atom is -0.493 e. The van der Waals surface area contributed by atoms with Gasteiger partial charge in [0, 0.05) is 12.1 Å². The number of benzene rings is 1. The van der Waals surface area contributed by atoms with Gasteiger partial charge in [-0.25, -0.2) is 0 Å². The van der Waals surface area contributed by atoms with Crippen molar-refractivity contribution in [1.29, 1.82) is 0 Å². The quantitative estimate of drug-likeness (QED) is 0.616. The Morgan fingerprint density at radius 3 is 2.67 bits per heavy atom. The lowest BCUT2D eigenvalue weighted by molar-refractivity contribution is -0.385. The molecule has 0 saturated heterocycles. The number of hydrogen-bond acceptors (Lipinski definition) is 5. The van der Waals surface area contributed by atoms with Crippen molar-refractivity contribution in [2.75, 3.05) is 13.7 Å². The summed E-state index contributed by atoms with van der Waals surface area (Å²) in [6.45, 7) is 0.672. The Morgan fingerprint density at radius 2 is 2.17 bits per heavy atom. The lowest BCUT2D eigenvalue weighted by atomic mass is 10.1. The highest BCUT2D eigenvalue weighted by molar-refractivity contribution is 5.54. The summed E-state index contributed by atoms with van der Waals surface area (Å²) in [5.74, 6) is 1.47. The van der Waals surface area contributed by atoms with Gasteiger partial charge in [0.05, 0.1) is 24.7 Å². The third-order valence-corrected chi connectivity index (χ3v) is 2.95. The SMILES string of the molecule is COc1cc(CN)c([N+](=O)[O-])cc1OCC1CC1. The molecule has 6 heteroatoms. The van der Waals surface area contributed by atoms with Gasteiger partial charge in [0.1, 0.15) is 0 Å². The summed E-state index contributed by atoms with van der Waals surface area (Å²) in [5.41, 5.74) is 5.91. The van der Waals surface area contributed by atoms with E-state index in [9.17, 15) is 10.1 Å². The zero-order chi connectivity index (χ0) is 13.1. The zero-order valence-electron chi connectivity index (χ0n) is 10.2. The molecule has 1 aromatic carbocycles. The van der Waals surface area contributed by atoms with Crippen LogP contribution in [0.25, 0.3) is 0 Å². The summed E-state index contributed by atoms with van der Waals surface area (Å²) in [6, 6.07) is 2.96. The van der Waals surface area contributed by atoms with Crippen molar-refractivity contribution < 1.29 is 14.4 Å². The Labute approximate surface area is 105 Å². The second kappa shape index (κ2) is 5.22. The predicted molar refractivity (Wildman–Crippen MR) is 65.8 cm³/mol. The third kappa shape index (κ3) is 2.70. The molecule has 0 radical (unpaired) electrons. The molecule has 0 aromatic heterocycles. The highest BCUT2D eigenvalue weighted by Gasteiger charge is 2.24. The number of nitrogens with zero attached hydrogens (tertiary/aromatic N) is 1. The van der Waals surface area contributed by atoms with E-state index in [1.165, 1.54) is 13.2 Å². The summed E-state index contributed by atoms with van der Waals surface area (Å²) >= 11 is 0. The molecule has 2 rings (SSSR count). The maximum absolute atomic E-state index is 10.9. The van der Waals surface area contributed by atoms with Crippen LogP contribution in [0.4, 0.5) is 5.69 Å². The monoisotopic (exact) mass is 252 g/mol. The highest BCUT2D eigenvalue weighted by atomic mass is 16.6. The van der Waals surface area contributed by atoms with Crippen molar-refractivity contribution in [3.8, 4) is 11.5 Å². The Hall–Kier alpha value is -1.82. The average Bonchev–Trinajstić information content (AvgIpc) is 3.19. The van der Waals surface area contributed by atoms with E-state index in [4.69, 9.17) is 15.2 Å². The standard InChI is InChI=1S/C12H16N2O4/c1-17-11-4-9(6-13)10(14(15)16)5-12(11)18-7-8-2-3-8/h4-5,8H,2-3,6-7,13H2,1H3. The molecule has 1 aliphatic rings. The summed E-state index contributed by atoms with van der Waals surface area (Å²) in [4.78, 5) is 10.5. The maximum Gasteiger partial charge on any atom is 0.277 e. The minimum atomic E-state index is -0.453. The third-order valence-electron chi connectivity index (χ3n) is 2.95. The first kappa shape index (κ1) is 12.6. The Morgan fingerprint density at radius 1 is 1.44 bits per heavy atom. The van der Waals surface area contributed by atoms with Crippen LogP contribution in [0.15, 0.2) is 12.1 Å². The number of rotatable bonds is 6. The van der Waals surface area contributed by atoms with E-state index in [0.717, 1.165) is 12.8 Å². The van der Waals surface area contributed by atoms with Crippen molar-refractivity contribution in [2.45, 2.75) is 19.4 Å². The van der Waals surface area contributed by atoms with Gasteiger partial charge in [0.15, 0.2) is 11.5 Å². The van der Waals surface area contributed by atoms with Crippen molar-refractivity contribution in [3.05, 3.63) is 27.8 Å². The van der Waals surface area contributed by atoms with Gasteiger partial charge >= 0.3 is 0 Å². The van der Waals surface area contributed by atoms with Crippen LogP contribution < -0.4 is 15.2 Å². The smallest absolute Gasteiger partial charge is 0.277 e. The van der Waals surface area contributed by atoms with Crippen LogP contribution in [0.5, 0.6) is 11.5 Å². The van der Waals surface area contributed by atoms with Gasteiger partial charge in [-0.1, -0.05) is 0 Å². The fraction of sp³-hybridized carbons (Fsp3) is 0.500. The number of nitro benzene ring substituents is 1. The number of methoxy groups -OCH3 is 1. The van der Waals surface area contributed by atoms with E-state index >= 15 is 0 Å². The first-order valence-electron chi connectivity index (χ1n) is 5.84. The second-order valence-electron chi connectivity index (χ2n) is 4.35. The first-order chi connectivity index (χ1) is 8.65. The lowest BCUT2D eigenvalue weighted by Gasteiger charge is -2.11. The number of nitrogens with two attached hydrogens (primary N) is 1. The molecule has 0 aliphatic heterocycles. The molecule has 1 saturated carbocycles. The molecular formula is C12H16N2O4. The van der Waals surface area contributed by atoms with Crippen molar-refractivity contribution in [1.82, 2.24) is 0 Å². The molecule has 6 nitrogen and oxygen atoms in total. The van der Waals surface area contributed by atoms with E-state index < -0.39 is 4.92 Å². The van der Waals surface area contributed by atoms with Crippen LogP contribution in [-0.2, 0) is 6.54 Å². The highest BCUT2D eigenvalue weighted by Crippen LogP contribution is 2.36. The van der Waals surface area contributed by atoms with Gasteiger partial charge in [-0.3, -0.25) is 10.1 Å². The Balaban J connectivity index is 2.29. The molecule has 0 unspecified atom stereocenters. The molecule has 1 aliphatic carbocycles. The predicted octanol–water partition coefficient (Wildman–Crippen LogP) is 1.85. The molecular weight excluding hydrogens is 236 g/mol. The van der Waals surface area contributed by atoms with Crippen molar-refractivity contribution in [3.63, 3.8) is 0 Å². The van der Waals surface area contributed by atoms with Gasteiger partial charge in [-0.05, 0) is 24.8 Å². The molecule has 0 atom stereocenters. The molecule has 0 amide bonds. The van der Waals surface area contributed by atoms with Gasteiger partial charge in [0.2, 0.25) is 0 Å². The van der Waals surface area contributed by atoms with Crippen molar-refractivity contribution >= 4 is 5.69 Å². The topological polar surface area (TPSA) is 87.6 Å². The number of nitro groups is 1. The summed E-state index contributed by atoms with van der Waals surface area (Å²) in [7, 11) is 1.51. The van der Waals surface area contributed by atoms with Crippen LogP contribution in [0, 0.1) is 16.0 Å². The first-order valence-corrected chi connectivity index (χ1v) is 5.84. The average molecular weight is 252 g/mol. The van der Waals surface area contributed by atoms with Gasteiger partial charge in [-0.15, -0.1) is 0 Å². The van der Waals surface area contributed by atoms with Crippen LogP contribution >= 0.6 is 0 Å². The van der Waals surface area contributed by atoms with E-state index in [0.29, 0.717) is 29.6 Å². The lowest BCUT2D eigenvalue weighted by Crippen LogP contribution is -2.06. The fourth-order valence-corrected chi connectivity index (χ4v) is 1.69. The van der Waals surface area contributed by atoms with Gasteiger partial charge in [0.25, 0.3) is 5.69 Å². The second-order valence-corrected chi connectivity index (χ2v) is 4.35. The number of ether oxygens (including phenoxy) is 2. The van der Waals surface area contributed by atoms with Crippen LogP contribution in [0.1, 0.15) is 18.4 Å². The van der Waals surface area contributed by atoms with E-state index in [1.54, 1.807) is 6.07 Å². The normalized spacial score (nSPS) is 14.3. The zero-order valence-corrected chi connectivity index (χ0v) is 10.2. The molecule has 1 fully saturated rings. The van der Waals surface area contributed by atoms with Gasteiger partial charge < -0.3 is 15.2 Å². The molecule has 0 bridgehead atoms. The largest absolute Gasteiger partial charge is 0.493 e. The van der Waals surface area contributed by atoms with Gasteiger partial charge in [-0.2, -0.15) is 0 Å². The number of hydrogen-bond donors (Lipinski definition) is 1. The molecule has 1 aromatic rings. The van der Waals surface area contributed by atoms with E-state index in [1.807, 2.05) is 0 Å². The van der Waals surface area contributed by atoms with Crippen LogP contribution in [-0.4, -0.2) is 18.6 Å². The summed E-state index contributed by atoms with van der Waals surface area (Å²) in [5, 5.41) is 10.9. The Kier molecular flexibility index (Phi) is 3.66. The van der Waals surface area contributed by atoms with E-state index in [2.05, 4.69) is 0 Å². The molecule has 2 N–H and O–H groups in total. The Bertz CT molecular complexity index is 458.